The van der Waals surface area contributed by atoms with E-state index < -0.39 is 0 Å². The molecule has 1 rings (SSSR count). The fourth-order valence-electron chi connectivity index (χ4n) is 1.94. The lowest BCUT2D eigenvalue weighted by atomic mass is 10.2. The molecule has 3 heteroatoms. The molecule has 0 aliphatic heterocycles. The first kappa shape index (κ1) is 16.2. The molecule has 2 nitrogen and oxygen atoms in total. The number of hydrogen-bond acceptors (Lipinski definition) is 3. The number of nitrogens with zero attached hydrogens (tertiary/aromatic N) is 1. The Morgan fingerprint density at radius 1 is 1.37 bits per heavy atom. The van der Waals surface area contributed by atoms with Crippen molar-refractivity contribution in [1.82, 2.24) is 4.90 Å². The van der Waals surface area contributed by atoms with Gasteiger partial charge in [-0.15, -0.1) is 11.3 Å². The van der Waals surface area contributed by atoms with Gasteiger partial charge in [-0.2, -0.15) is 0 Å². The Bertz CT molecular complexity index is 414. The fourth-order valence-corrected chi connectivity index (χ4v) is 2.85. The standard InChI is InChI=1S/C16H26N2S/c1-4-6-12-18(14(3)5-2)13-16-10-9-15(19-16)8-7-11-17/h9-10,14H,4-6,11-13,17H2,1-3H3. The molecule has 0 aliphatic carbocycles. The zero-order chi connectivity index (χ0) is 14.1. The van der Waals surface area contributed by atoms with Crippen molar-refractivity contribution in [2.24, 2.45) is 5.73 Å². The maximum atomic E-state index is 5.40. The van der Waals surface area contributed by atoms with Crippen LogP contribution in [-0.2, 0) is 6.54 Å². The van der Waals surface area contributed by atoms with Crippen LogP contribution in [0.1, 0.15) is 49.8 Å². The van der Waals surface area contributed by atoms with E-state index in [1.54, 1.807) is 11.3 Å². The molecule has 0 saturated carbocycles. The molecular formula is C16H26N2S. The predicted octanol–water partition coefficient (Wildman–Crippen LogP) is 3.46. The molecule has 1 heterocycles. The SMILES string of the molecule is CCCCN(Cc1ccc(C#CCN)s1)C(C)CC. The van der Waals surface area contributed by atoms with Gasteiger partial charge in [0.15, 0.2) is 0 Å². The van der Waals surface area contributed by atoms with Crippen LogP contribution in [0.4, 0.5) is 0 Å². The van der Waals surface area contributed by atoms with Crippen molar-refractivity contribution in [1.29, 1.82) is 0 Å². The maximum absolute atomic E-state index is 5.40. The number of nitrogens with two attached hydrogens (primary N) is 1. The van der Waals surface area contributed by atoms with E-state index in [4.69, 9.17) is 5.73 Å². The van der Waals surface area contributed by atoms with Gasteiger partial charge in [0.1, 0.15) is 0 Å². The third-order valence-electron chi connectivity index (χ3n) is 3.35. The highest BCUT2D eigenvalue weighted by molar-refractivity contribution is 7.12. The highest BCUT2D eigenvalue weighted by Crippen LogP contribution is 2.19. The third kappa shape index (κ3) is 5.78. The van der Waals surface area contributed by atoms with E-state index in [9.17, 15) is 0 Å². The van der Waals surface area contributed by atoms with Crippen molar-refractivity contribution in [2.45, 2.75) is 52.6 Å². The quantitative estimate of drug-likeness (QED) is 0.774. The van der Waals surface area contributed by atoms with E-state index >= 15 is 0 Å². The second-order valence-corrected chi connectivity index (χ2v) is 6.02. The van der Waals surface area contributed by atoms with Gasteiger partial charge in [0, 0.05) is 17.5 Å². The molecule has 19 heavy (non-hydrogen) atoms. The first-order chi connectivity index (χ1) is 9.21. The minimum Gasteiger partial charge on any atom is -0.320 e. The third-order valence-corrected chi connectivity index (χ3v) is 4.33. The summed E-state index contributed by atoms with van der Waals surface area (Å²) in [6.45, 7) is 9.50. The maximum Gasteiger partial charge on any atom is 0.0772 e. The first-order valence-corrected chi connectivity index (χ1v) is 8.04. The molecule has 0 aliphatic rings. The van der Waals surface area contributed by atoms with Gasteiger partial charge in [-0.05, 0) is 38.4 Å². The summed E-state index contributed by atoms with van der Waals surface area (Å²) in [4.78, 5) is 5.10. The Labute approximate surface area is 122 Å². The summed E-state index contributed by atoms with van der Waals surface area (Å²) < 4.78 is 0. The van der Waals surface area contributed by atoms with E-state index in [1.807, 2.05) is 0 Å². The molecule has 1 aromatic rings. The first-order valence-electron chi connectivity index (χ1n) is 7.22. The topological polar surface area (TPSA) is 29.3 Å². The van der Waals surface area contributed by atoms with Gasteiger partial charge in [0.05, 0.1) is 11.4 Å². The Kier molecular flexibility index (Phi) is 7.81. The van der Waals surface area contributed by atoms with Crippen LogP contribution in [0.15, 0.2) is 12.1 Å². The van der Waals surface area contributed by atoms with Gasteiger partial charge >= 0.3 is 0 Å². The Morgan fingerprint density at radius 3 is 2.79 bits per heavy atom. The molecule has 0 aromatic carbocycles. The molecule has 0 bridgehead atoms. The van der Waals surface area contributed by atoms with Crippen LogP contribution in [0, 0.1) is 11.8 Å². The average molecular weight is 278 g/mol. The lowest BCUT2D eigenvalue weighted by Gasteiger charge is -2.27. The van der Waals surface area contributed by atoms with E-state index in [1.165, 1.54) is 30.7 Å². The van der Waals surface area contributed by atoms with E-state index in [2.05, 4.69) is 49.6 Å². The van der Waals surface area contributed by atoms with E-state index in [-0.39, 0.29) is 0 Å². The average Bonchev–Trinajstić information content (AvgIpc) is 2.87. The van der Waals surface area contributed by atoms with E-state index in [0.717, 1.165) is 11.4 Å². The zero-order valence-corrected chi connectivity index (χ0v) is 13.2. The van der Waals surface area contributed by atoms with Crippen molar-refractivity contribution < 1.29 is 0 Å². The van der Waals surface area contributed by atoms with Gasteiger partial charge in [-0.25, -0.2) is 0 Å². The summed E-state index contributed by atoms with van der Waals surface area (Å²) in [5, 5.41) is 0. The number of hydrogen-bond donors (Lipinski definition) is 1. The molecule has 1 unspecified atom stereocenters. The molecule has 0 saturated heterocycles. The number of unbranched alkanes of at least 4 members (excludes halogenated alkanes) is 1. The number of thiophene rings is 1. The summed E-state index contributed by atoms with van der Waals surface area (Å²) in [5.41, 5.74) is 5.40. The predicted molar refractivity (Wildman–Crippen MR) is 85.3 cm³/mol. The second kappa shape index (κ2) is 9.14. The van der Waals surface area contributed by atoms with Crippen molar-refractivity contribution in [2.75, 3.05) is 13.1 Å². The second-order valence-electron chi connectivity index (χ2n) is 4.85. The summed E-state index contributed by atoms with van der Waals surface area (Å²) in [5.74, 6) is 6.02. The van der Waals surface area contributed by atoms with Crippen LogP contribution < -0.4 is 5.73 Å². The van der Waals surface area contributed by atoms with Crippen molar-refractivity contribution in [3.05, 3.63) is 21.9 Å². The molecule has 106 valence electrons. The summed E-state index contributed by atoms with van der Waals surface area (Å²) in [7, 11) is 0. The van der Waals surface area contributed by atoms with Gasteiger partial charge in [-0.3, -0.25) is 4.90 Å². The van der Waals surface area contributed by atoms with Crippen LogP contribution in [-0.4, -0.2) is 24.0 Å². The monoisotopic (exact) mass is 278 g/mol. The van der Waals surface area contributed by atoms with Crippen LogP contribution >= 0.6 is 11.3 Å². The Hall–Kier alpha value is -0.820. The summed E-state index contributed by atoms with van der Waals surface area (Å²) in [6.07, 6.45) is 3.73. The molecule has 0 amide bonds. The van der Waals surface area contributed by atoms with Crippen LogP contribution in [0.5, 0.6) is 0 Å². The molecule has 0 radical (unpaired) electrons. The Balaban J connectivity index is 2.64. The highest BCUT2D eigenvalue weighted by Gasteiger charge is 2.13. The van der Waals surface area contributed by atoms with Crippen molar-refractivity contribution in [3.8, 4) is 11.8 Å². The minimum atomic E-state index is 0.433. The van der Waals surface area contributed by atoms with Gasteiger partial charge in [-0.1, -0.05) is 32.1 Å². The molecule has 1 aromatic heterocycles. The van der Waals surface area contributed by atoms with Gasteiger partial charge in [0.2, 0.25) is 0 Å². The molecule has 2 N–H and O–H groups in total. The Morgan fingerprint density at radius 2 is 2.16 bits per heavy atom. The summed E-state index contributed by atoms with van der Waals surface area (Å²) in [6, 6.07) is 4.95. The zero-order valence-electron chi connectivity index (χ0n) is 12.4. The lowest BCUT2D eigenvalue weighted by molar-refractivity contribution is 0.194. The highest BCUT2D eigenvalue weighted by atomic mass is 32.1. The smallest absolute Gasteiger partial charge is 0.0772 e. The van der Waals surface area contributed by atoms with Gasteiger partial charge < -0.3 is 5.73 Å². The van der Waals surface area contributed by atoms with Crippen LogP contribution in [0.3, 0.4) is 0 Å². The fraction of sp³-hybridized carbons (Fsp3) is 0.625. The van der Waals surface area contributed by atoms with Crippen LogP contribution in [0.2, 0.25) is 0 Å². The number of rotatable bonds is 7. The molecule has 0 spiro atoms. The molecular weight excluding hydrogens is 252 g/mol. The summed E-state index contributed by atoms with van der Waals surface area (Å²) >= 11 is 1.79. The van der Waals surface area contributed by atoms with Gasteiger partial charge in [0.25, 0.3) is 0 Å². The van der Waals surface area contributed by atoms with Crippen molar-refractivity contribution in [3.63, 3.8) is 0 Å². The molecule has 1 atom stereocenters. The largest absolute Gasteiger partial charge is 0.320 e. The molecule has 0 fully saturated rings. The minimum absolute atomic E-state index is 0.433. The van der Waals surface area contributed by atoms with E-state index in [0.29, 0.717) is 12.6 Å². The normalized spacial score (nSPS) is 12.3. The van der Waals surface area contributed by atoms with Crippen LogP contribution in [0.25, 0.3) is 0 Å². The van der Waals surface area contributed by atoms with Crippen molar-refractivity contribution >= 4 is 11.3 Å². The lowest BCUT2D eigenvalue weighted by Crippen LogP contribution is -2.32.